The maximum absolute atomic E-state index is 12.6. The molecule has 1 aromatic carbocycles. The highest BCUT2D eigenvalue weighted by molar-refractivity contribution is 8.00. The first-order valence-corrected chi connectivity index (χ1v) is 10.0. The molecular formula is C22H23N3O2S. The second kappa shape index (κ2) is 8.41. The third-order valence-electron chi connectivity index (χ3n) is 4.94. The molecule has 3 aromatic rings. The largest absolute Gasteiger partial charge is 0.467 e. The monoisotopic (exact) mass is 393 g/mol. The van der Waals surface area contributed by atoms with Crippen LogP contribution in [0.2, 0.25) is 0 Å². The highest BCUT2D eigenvalue weighted by Crippen LogP contribution is 2.28. The third-order valence-corrected chi connectivity index (χ3v) is 5.94. The Kier molecular flexibility index (Phi) is 5.96. The number of rotatable bonds is 6. The molecule has 3 rings (SSSR count). The molecule has 0 saturated heterocycles. The summed E-state index contributed by atoms with van der Waals surface area (Å²) >= 11 is 1.48. The number of nitrogens with one attached hydrogen (secondary N) is 1. The van der Waals surface area contributed by atoms with E-state index in [9.17, 15) is 10.1 Å². The average Bonchev–Trinajstić information content (AvgIpc) is 3.26. The van der Waals surface area contributed by atoms with Crippen LogP contribution in [-0.2, 0) is 11.3 Å². The van der Waals surface area contributed by atoms with Crippen LogP contribution in [-0.4, -0.2) is 16.2 Å². The number of carbonyl (C=O) groups is 1. The maximum Gasteiger partial charge on any atom is 0.235 e. The van der Waals surface area contributed by atoms with Gasteiger partial charge >= 0.3 is 0 Å². The van der Waals surface area contributed by atoms with Gasteiger partial charge < -0.3 is 14.3 Å². The van der Waals surface area contributed by atoms with Gasteiger partial charge in [0.15, 0.2) is 0 Å². The van der Waals surface area contributed by atoms with Crippen molar-refractivity contribution in [2.45, 2.75) is 39.1 Å². The Morgan fingerprint density at radius 1 is 1.21 bits per heavy atom. The molecule has 0 saturated carbocycles. The molecule has 0 aliphatic carbocycles. The Balaban J connectivity index is 1.78. The molecule has 0 fully saturated rings. The standard InChI is InChI=1S/C22H23N3O2S/c1-14-7-8-19(10-15(14)2)28-13-21(26)24-22-20(11-23)16(3)17(4)25(22)12-18-6-5-9-27-18/h5-10H,12-13H2,1-4H3,(H,24,26). The van der Waals surface area contributed by atoms with Crippen LogP contribution >= 0.6 is 11.8 Å². The molecular weight excluding hydrogens is 370 g/mol. The summed E-state index contributed by atoms with van der Waals surface area (Å²) in [7, 11) is 0. The molecule has 1 amide bonds. The minimum Gasteiger partial charge on any atom is -0.467 e. The van der Waals surface area contributed by atoms with Crippen molar-refractivity contribution in [3.8, 4) is 6.07 Å². The molecule has 28 heavy (non-hydrogen) atoms. The summed E-state index contributed by atoms with van der Waals surface area (Å²) in [5.41, 5.74) is 4.73. The van der Waals surface area contributed by atoms with Crippen LogP contribution in [0.1, 0.15) is 33.7 Å². The number of hydrogen-bond acceptors (Lipinski definition) is 4. The summed E-state index contributed by atoms with van der Waals surface area (Å²) in [6, 6.07) is 12.1. The number of nitriles is 1. The topological polar surface area (TPSA) is 71.0 Å². The fourth-order valence-electron chi connectivity index (χ4n) is 3.01. The highest BCUT2D eigenvalue weighted by atomic mass is 32.2. The van der Waals surface area contributed by atoms with E-state index in [1.807, 2.05) is 36.6 Å². The van der Waals surface area contributed by atoms with E-state index in [0.717, 1.165) is 21.9 Å². The molecule has 0 aliphatic rings. The zero-order valence-corrected chi connectivity index (χ0v) is 17.3. The van der Waals surface area contributed by atoms with Crippen molar-refractivity contribution in [1.29, 1.82) is 5.26 Å². The molecule has 144 valence electrons. The fourth-order valence-corrected chi connectivity index (χ4v) is 3.80. The van der Waals surface area contributed by atoms with E-state index >= 15 is 0 Å². The van der Waals surface area contributed by atoms with Gasteiger partial charge in [0.05, 0.1) is 24.1 Å². The van der Waals surface area contributed by atoms with Crippen molar-refractivity contribution in [3.63, 3.8) is 0 Å². The molecule has 6 heteroatoms. The quantitative estimate of drug-likeness (QED) is 0.601. The van der Waals surface area contributed by atoms with Crippen LogP contribution < -0.4 is 5.32 Å². The normalized spacial score (nSPS) is 10.7. The first kappa shape index (κ1) is 19.8. The SMILES string of the molecule is Cc1ccc(SCC(=O)Nc2c(C#N)c(C)c(C)n2Cc2ccco2)cc1C. The first-order chi connectivity index (χ1) is 13.4. The molecule has 0 spiro atoms. The minimum atomic E-state index is -0.141. The van der Waals surface area contributed by atoms with E-state index in [1.165, 1.54) is 22.9 Å². The van der Waals surface area contributed by atoms with Crippen LogP contribution in [0.4, 0.5) is 5.82 Å². The number of furan rings is 1. The Labute approximate surface area is 169 Å². The summed E-state index contributed by atoms with van der Waals surface area (Å²) in [5.74, 6) is 1.43. The Morgan fingerprint density at radius 2 is 2.00 bits per heavy atom. The zero-order chi connectivity index (χ0) is 20.3. The number of benzene rings is 1. The molecule has 0 atom stereocenters. The lowest BCUT2D eigenvalue weighted by molar-refractivity contribution is -0.113. The number of aromatic nitrogens is 1. The summed E-state index contributed by atoms with van der Waals surface area (Å²) in [5, 5.41) is 12.5. The van der Waals surface area contributed by atoms with Gasteiger partial charge in [-0.25, -0.2) is 0 Å². The number of aryl methyl sites for hydroxylation is 2. The molecule has 2 aromatic heterocycles. The predicted octanol–water partition coefficient (Wildman–Crippen LogP) is 4.97. The number of thioether (sulfide) groups is 1. The van der Waals surface area contributed by atoms with Crippen LogP contribution in [0.25, 0.3) is 0 Å². The van der Waals surface area contributed by atoms with Crippen molar-refractivity contribution in [1.82, 2.24) is 4.57 Å². The average molecular weight is 394 g/mol. The zero-order valence-electron chi connectivity index (χ0n) is 16.5. The van der Waals surface area contributed by atoms with Crippen LogP contribution in [0.5, 0.6) is 0 Å². The van der Waals surface area contributed by atoms with Crippen molar-refractivity contribution in [2.75, 3.05) is 11.1 Å². The molecule has 5 nitrogen and oxygen atoms in total. The second-order valence-corrected chi connectivity index (χ2v) is 7.84. The van der Waals surface area contributed by atoms with Crippen molar-refractivity contribution in [3.05, 3.63) is 70.3 Å². The summed E-state index contributed by atoms with van der Waals surface area (Å²) in [6.45, 7) is 8.43. The Morgan fingerprint density at radius 3 is 2.64 bits per heavy atom. The van der Waals surface area contributed by atoms with Crippen molar-refractivity contribution in [2.24, 2.45) is 0 Å². The van der Waals surface area contributed by atoms with E-state index in [-0.39, 0.29) is 11.7 Å². The van der Waals surface area contributed by atoms with Gasteiger partial charge in [-0.3, -0.25) is 4.79 Å². The van der Waals surface area contributed by atoms with Crippen molar-refractivity contribution >= 4 is 23.5 Å². The fraction of sp³-hybridized carbons (Fsp3) is 0.273. The van der Waals surface area contributed by atoms with Gasteiger partial charge in [-0.15, -0.1) is 11.8 Å². The lowest BCUT2D eigenvalue weighted by Crippen LogP contribution is -2.18. The van der Waals surface area contributed by atoms with E-state index < -0.39 is 0 Å². The molecule has 0 unspecified atom stereocenters. The molecule has 2 heterocycles. The minimum absolute atomic E-state index is 0.141. The van der Waals surface area contributed by atoms with Gasteiger partial charge in [-0.2, -0.15) is 5.26 Å². The lowest BCUT2D eigenvalue weighted by Gasteiger charge is -2.12. The third kappa shape index (κ3) is 4.15. The number of amides is 1. The van der Waals surface area contributed by atoms with Crippen molar-refractivity contribution < 1.29 is 9.21 Å². The molecule has 0 aliphatic heterocycles. The van der Waals surface area contributed by atoms with Gasteiger partial charge in [0.25, 0.3) is 0 Å². The van der Waals surface area contributed by atoms with Crippen LogP contribution in [0.3, 0.4) is 0 Å². The number of anilines is 1. The van der Waals surface area contributed by atoms with E-state index in [4.69, 9.17) is 4.42 Å². The summed E-state index contributed by atoms with van der Waals surface area (Å²) in [4.78, 5) is 13.7. The molecule has 1 N–H and O–H groups in total. The number of nitrogens with zero attached hydrogens (tertiary/aromatic N) is 2. The van der Waals surface area contributed by atoms with E-state index in [1.54, 1.807) is 6.26 Å². The van der Waals surface area contributed by atoms with Gasteiger partial charge in [0.2, 0.25) is 5.91 Å². The van der Waals surface area contributed by atoms with Gasteiger partial charge in [0, 0.05) is 10.6 Å². The Bertz CT molecular complexity index is 1040. The smallest absolute Gasteiger partial charge is 0.235 e. The first-order valence-electron chi connectivity index (χ1n) is 9.02. The van der Waals surface area contributed by atoms with Gasteiger partial charge in [0.1, 0.15) is 17.6 Å². The van der Waals surface area contributed by atoms with Gasteiger partial charge in [-0.1, -0.05) is 6.07 Å². The summed E-state index contributed by atoms with van der Waals surface area (Å²) < 4.78 is 7.36. The maximum atomic E-state index is 12.6. The second-order valence-electron chi connectivity index (χ2n) is 6.79. The highest BCUT2D eigenvalue weighted by Gasteiger charge is 2.20. The van der Waals surface area contributed by atoms with E-state index in [2.05, 4.69) is 37.4 Å². The summed E-state index contributed by atoms with van der Waals surface area (Å²) in [6.07, 6.45) is 1.62. The molecule has 0 bridgehead atoms. The Hall–Kier alpha value is -2.91. The lowest BCUT2D eigenvalue weighted by atomic mass is 10.1. The number of hydrogen-bond donors (Lipinski definition) is 1. The predicted molar refractivity (Wildman–Crippen MR) is 112 cm³/mol. The molecule has 0 radical (unpaired) electrons. The van der Waals surface area contributed by atoms with Crippen LogP contribution in [0.15, 0.2) is 45.9 Å². The number of carbonyl (C=O) groups excluding carboxylic acids is 1. The van der Waals surface area contributed by atoms with E-state index in [0.29, 0.717) is 17.9 Å². The van der Waals surface area contributed by atoms with Crippen LogP contribution in [0, 0.1) is 39.0 Å². The van der Waals surface area contributed by atoms with Gasteiger partial charge in [-0.05, 0) is 68.7 Å².